The number of aromatic nitrogens is 2. The third kappa shape index (κ3) is 5.41. The molecule has 1 atom stereocenters. The van der Waals surface area contributed by atoms with E-state index in [1.165, 1.54) is 19.3 Å². The summed E-state index contributed by atoms with van der Waals surface area (Å²) in [4.78, 5) is 19.2. The molecule has 1 aliphatic rings. The highest BCUT2D eigenvalue weighted by molar-refractivity contribution is 6.31. The molecule has 3 rings (SSSR count). The summed E-state index contributed by atoms with van der Waals surface area (Å²) in [7, 11) is 0. The Balaban J connectivity index is 1.73. The molecule has 1 saturated heterocycles. The molecule has 0 unspecified atom stereocenters. The van der Waals surface area contributed by atoms with E-state index in [-0.39, 0.29) is 17.5 Å². The average Bonchev–Trinajstić information content (AvgIpc) is 3.14. The molecular formula is C21H30ClN5O. The number of amides is 2. The Morgan fingerprint density at radius 1 is 1.25 bits per heavy atom. The summed E-state index contributed by atoms with van der Waals surface area (Å²) in [5.41, 5.74) is 1.68. The van der Waals surface area contributed by atoms with Crippen molar-refractivity contribution in [2.24, 2.45) is 5.41 Å². The van der Waals surface area contributed by atoms with Crippen molar-refractivity contribution < 1.29 is 4.79 Å². The van der Waals surface area contributed by atoms with E-state index >= 15 is 0 Å². The van der Waals surface area contributed by atoms with Gasteiger partial charge in [0.25, 0.3) is 0 Å². The predicted octanol–water partition coefficient (Wildman–Crippen LogP) is 4.76. The van der Waals surface area contributed by atoms with Crippen LogP contribution in [0.2, 0.25) is 5.02 Å². The van der Waals surface area contributed by atoms with Crippen molar-refractivity contribution in [3.05, 3.63) is 41.9 Å². The fourth-order valence-corrected chi connectivity index (χ4v) is 3.65. The van der Waals surface area contributed by atoms with Crippen LogP contribution in [0.4, 0.5) is 16.2 Å². The number of halogens is 1. The summed E-state index contributed by atoms with van der Waals surface area (Å²) >= 11 is 6.21. The van der Waals surface area contributed by atoms with Crippen molar-refractivity contribution in [1.29, 1.82) is 0 Å². The third-order valence-corrected chi connectivity index (χ3v) is 5.44. The van der Waals surface area contributed by atoms with Crippen molar-refractivity contribution in [1.82, 2.24) is 14.9 Å². The molecule has 2 aromatic rings. The molecule has 0 bridgehead atoms. The van der Waals surface area contributed by atoms with Gasteiger partial charge in [-0.2, -0.15) is 0 Å². The number of imidazole rings is 1. The van der Waals surface area contributed by atoms with Gasteiger partial charge in [-0.15, -0.1) is 0 Å². The number of carbonyl (C=O) groups excluding carboxylic acids is 1. The van der Waals surface area contributed by atoms with E-state index in [0.29, 0.717) is 11.6 Å². The highest BCUT2D eigenvalue weighted by atomic mass is 35.5. The number of nitrogens with zero attached hydrogens (tertiary/aromatic N) is 3. The van der Waals surface area contributed by atoms with Gasteiger partial charge in [0.1, 0.15) is 0 Å². The molecule has 7 heteroatoms. The molecule has 2 amide bonds. The Hall–Kier alpha value is -2.21. The summed E-state index contributed by atoms with van der Waals surface area (Å²) in [6.45, 7) is 9.02. The molecule has 2 heterocycles. The zero-order chi connectivity index (χ0) is 20.1. The molecule has 0 spiro atoms. The van der Waals surface area contributed by atoms with E-state index in [9.17, 15) is 4.79 Å². The molecule has 1 aliphatic heterocycles. The molecular weight excluding hydrogens is 374 g/mol. The van der Waals surface area contributed by atoms with Gasteiger partial charge in [-0.3, -0.25) is 0 Å². The van der Waals surface area contributed by atoms with E-state index in [4.69, 9.17) is 11.6 Å². The zero-order valence-corrected chi connectivity index (χ0v) is 17.7. The molecule has 0 saturated carbocycles. The maximum absolute atomic E-state index is 12.8. The SMILES string of the molecule is CC(C)(C)[C@@H](Cn1ccnc1)NC(=O)Nc1cc(Cl)ccc1N1CCCCC1. The van der Waals surface area contributed by atoms with Crippen LogP contribution in [0.15, 0.2) is 36.9 Å². The Bertz CT molecular complexity index is 779. The molecule has 1 fully saturated rings. The summed E-state index contributed by atoms with van der Waals surface area (Å²) in [5, 5.41) is 6.78. The molecule has 1 aromatic heterocycles. The topological polar surface area (TPSA) is 62.2 Å². The highest BCUT2D eigenvalue weighted by Crippen LogP contribution is 2.31. The van der Waals surface area contributed by atoms with Gasteiger partial charge in [-0.1, -0.05) is 32.4 Å². The van der Waals surface area contributed by atoms with Crippen LogP contribution in [0.25, 0.3) is 0 Å². The van der Waals surface area contributed by atoms with Gasteiger partial charge in [-0.25, -0.2) is 9.78 Å². The van der Waals surface area contributed by atoms with Gasteiger partial charge in [0.15, 0.2) is 0 Å². The first kappa shape index (κ1) is 20.5. The van der Waals surface area contributed by atoms with Crippen LogP contribution in [-0.4, -0.2) is 34.7 Å². The molecule has 0 aliphatic carbocycles. The minimum Gasteiger partial charge on any atom is -0.370 e. The summed E-state index contributed by atoms with van der Waals surface area (Å²) in [6, 6.07) is 5.43. The Morgan fingerprint density at radius 3 is 2.64 bits per heavy atom. The summed E-state index contributed by atoms with van der Waals surface area (Å²) in [6.07, 6.45) is 9.02. The molecule has 28 heavy (non-hydrogen) atoms. The number of anilines is 2. The first-order chi connectivity index (χ1) is 13.3. The Kier molecular flexibility index (Phi) is 6.50. The molecule has 2 N–H and O–H groups in total. The van der Waals surface area contributed by atoms with Crippen molar-refractivity contribution in [2.75, 3.05) is 23.3 Å². The predicted molar refractivity (Wildman–Crippen MR) is 115 cm³/mol. The van der Waals surface area contributed by atoms with Gasteiger partial charge >= 0.3 is 6.03 Å². The fraction of sp³-hybridized carbons (Fsp3) is 0.524. The quantitative estimate of drug-likeness (QED) is 0.756. The molecule has 1 aromatic carbocycles. The van der Waals surface area contributed by atoms with Crippen LogP contribution in [-0.2, 0) is 6.54 Å². The normalized spacial score (nSPS) is 15.9. The number of benzene rings is 1. The first-order valence-electron chi connectivity index (χ1n) is 9.91. The van der Waals surface area contributed by atoms with Crippen LogP contribution in [0.5, 0.6) is 0 Å². The number of rotatable bonds is 5. The van der Waals surface area contributed by atoms with Gasteiger partial charge in [0, 0.05) is 37.1 Å². The minimum atomic E-state index is -0.222. The maximum Gasteiger partial charge on any atom is 0.319 e. The van der Waals surface area contributed by atoms with Gasteiger partial charge < -0.3 is 20.1 Å². The van der Waals surface area contributed by atoms with Crippen LogP contribution < -0.4 is 15.5 Å². The minimum absolute atomic E-state index is 0.0562. The molecule has 152 valence electrons. The lowest BCUT2D eigenvalue weighted by atomic mass is 9.86. The van der Waals surface area contributed by atoms with Crippen molar-refractivity contribution in [3.8, 4) is 0 Å². The fourth-order valence-electron chi connectivity index (χ4n) is 3.48. The van der Waals surface area contributed by atoms with E-state index in [1.807, 2.05) is 29.0 Å². The number of nitrogens with one attached hydrogen (secondary N) is 2. The lowest BCUT2D eigenvalue weighted by Crippen LogP contribution is -2.48. The number of hydrogen-bond acceptors (Lipinski definition) is 3. The highest BCUT2D eigenvalue weighted by Gasteiger charge is 2.27. The second-order valence-corrected chi connectivity index (χ2v) is 8.92. The number of hydrogen-bond donors (Lipinski definition) is 2. The Labute approximate surface area is 172 Å². The lowest BCUT2D eigenvalue weighted by molar-refractivity contribution is 0.219. The van der Waals surface area contributed by atoms with Crippen molar-refractivity contribution in [2.45, 2.75) is 52.6 Å². The number of urea groups is 1. The van der Waals surface area contributed by atoms with E-state index in [2.05, 4.69) is 41.3 Å². The average molecular weight is 404 g/mol. The van der Waals surface area contributed by atoms with Crippen molar-refractivity contribution >= 4 is 29.0 Å². The van der Waals surface area contributed by atoms with Crippen LogP contribution in [0.1, 0.15) is 40.0 Å². The van der Waals surface area contributed by atoms with E-state index < -0.39 is 0 Å². The van der Waals surface area contributed by atoms with Gasteiger partial charge in [0.05, 0.1) is 23.7 Å². The monoisotopic (exact) mass is 403 g/mol. The number of piperidine rings is 1. The van der Waals surface area contributed by atoms with E-state index in [1.54, 1.807) is 12.5 Å². The standard InChI is InChI=1S/C21H30ClN5O/c1-21(2,3)19(14-26-12-9-23-15-26)25-20(28)24-17-13-16(22)7-8-18(17)27-10-5-4-6-11-27/h7-9,12-13,15,19H,4-6,10-11,14H2,1-3H3,(H2,24,25,28)/t19-/m1/s1. The first-order valence-corrected chi connectivity index (χ1v) is 10.3. The third-order valence-electron chi connectivity index (χ3n) is 5.21. The van der Waals surface area contributed by atoms with Crippen LogP contribution >= 0.6 is 11.6 Å². The lowest BCUT2D eigenvalue weighted by Gasteiger charge is -2.33. The smallest absolute Gasteiger partial charge is 0.319 e. The van der Waals surface area contributed by atoms with Crippen LogP contribution in [0, 0.1) is 5.41 Å². The second kappa shape index (κ2) is 8.86. The zero-order valence-electron chi connectivity index (χ0n) is 16.9. The number of carbonyl (C=O) groups is 1. The van der Waals surface area contributed by atoms with Crippen LogP contribution in [0.3, 0.4) is 0 Å². The second-order valence-electron chi connectivity index (χ2n) is 8.49. The maximum atomic E-state index is 12.8. The molecule has 0 radical (unpaired) electrons. The summed E-state index contributed by atoms with van der Waals surface area (Å²) in [5.74, 6) is 0. The summed E-state index contributed by atoms with van der Waals surface area (Å²) < 4.78 is 1.98. The van der Waals surface area contributed by atoms with Crippen molar-refractivity contribution in [3.63, 3.8) is 0 Å². The largest absolute Gasteiger partial charge is 0.370 e. The van der Waals surface area contributed by atoms with Gasteiger partial charge in [0.2, 0.25) is 0 Å². The van der Waals surface area contributed by atoms with Gasteiger partial charge in [-0.05, 0) is 42.9 Å². The Morgan fingerprint density at radius 2 is 2.00 bits per heavy atom. The molecule has 6 nitrogen and oxygen atoms in total. The van der Waals surface area contributed by atoms with E-state index in [0.717, 1.165) is 24.5 Å².